The first-order valence-corrected chi connectivity index (χ1v) is 9.66. The van der Waals surface area contributed by atoms with Crippen molar-refractivity contribution < 1.29 is 37.2 Å². The zero-order valence-corrected chi connectivity index (χ0v) is 15.5. The summed E-state index contributed by atoms with van der Waals surface area (Å²) in [6.45, 7) is -0.292. The first-order valence-electron chi connectivity index (χ1n) is 8.18. The van der Waals surface area contributed by atoms with E-state index in [-0.39, 0.29) is 29.2 Å². The summed E-state index contributed by atoms with van der Waals surface area (Å²) >= 11 is 0. The summed E-state index contributed by atoms with van der Waals surface area (Å²) < 4.78 is 39.8. The minimum absolute atomic E-state index is 0.0229. The summed E-state index contributed by atoms with van der Waals surface area (Å²) in [6.07, 6.45) is -0.300. The van der Waals surface area contributed by atoms with Crippen molar-refractivity contribution in [3.63, 3.8) is 0 Å². The maximum absolute atomic E-state index is 12.6. The molecule has 0 unspecified atom stereocenters. The molecule has 0 fully saturated rings. The topological polar surface area (TPSA) is 146 Å². The number of aromatic nitrogens is 2. The molecule has 1 aromatic heterocycles. The predicted octanol–water partition coefficient (Wildman–Crippen LogP) is 1.98. The molecule has 3 rings (SSSR count). The minimum atomic E-state index is -4.01. The van der Waals surface area contributed by atoms with Crippen molar-refractivity contribution >= 4 is 21.8 Å². The number of carbonyl (C=O) groups is 2. The van der Waals surface area contributed by atoms with E-state index in [4.69, 9.17) is 14.6 Å². The van der Waals surface area contributed by atoms with E-state index in [2.05, 4.69) is 14.9 Å². The number of esters is 1. The molecule has 0 bridgehead atoms. The number of nitrogens with zero attached hydrogens (tertiary/aromatic N) is 2. The van der Waals surface area contributed by atoms with Gasteiger partial charge < -0.3 is 14.6 Å². The minimum Gasteiger partial charge on any atom is -0.478 e. The molecule has 0 saturated heterocycles. The molecule has 0 aliphatic carbocycles. The van der Waals surface area contributed by atoms with Gasteiger partial charge in [-0.2, -0.15) is 0 Å². The highest BCUT2D eigenvalue weighted by molar-refractivity contribution is 7.91. The van der Waals surface area contributed by atoms with Crippen molar-refractivity contribution in [3.8, 4) is 11.6 Å². The molecule has 2 aromatic carbocycles. The Balaban J connectivity index is 1.63. The highest BCUT2D eigenvalue weighted by atomic mass is 32.2. The maximum atomic E-state index is 12.6. The predicted molar refractivity (Wildman–Crippen MR) is 95.3 cm³/mol. The average molecular weight is 418 g/mol. The smallest absolute Gasteiger partial charge is 0.339 e. The van der Waals surface area contributed by atoms with Crippen LogP contribution in [-0.4, -0.2) is 42.4 Å². The van der Waals surface area contributed by atoms with E-state index >= 15 is 0 Å². The van der Waals surface area contributed by atoms with Gasteiger partial charge in [0.15, 0.2) is 0 Å². The van der Waals surface area contributed by atoms with Gasteiger partial charge in [0.25, 0.3) is 10.9 Å². The molecule has 10 nitrogen and oxygen atoms in total. The zero-order chi connectivity index (χ0) is 20.9. The Hall–Kier alpha value is -3.73. The molecule has 0 aliphatic heterocycles. The van der Waals surface area contributed by atoms with Crippen LogP contribution in [0.4, 0.5) is 0 Å². The Morgan fingerprint density at radius 3 is 2.41 bits per heavy atom. The lowest BCUT2D eigenvalue weighted by atomic mass is 10.2. The summed E-state index contributed by atoms with van der Waals surface area (Å²) in [5.41, 5.74) is -0.168. The van der Waals surface area contributed by atoms with Crippen LogP contribution in [0.3, 0.4) is 0 Å². The standard InChI is InChI=1S/C18H14N2O8S/c21-15(27-14-9-5-4-8-13(14)18(22)23)10-11-26-16-17(20-28-19-16)29(24,25)12-6-2-1-3-7-12/h1-9H,10-11H2,(H,22,23). The van der Waals surface area contributed by atoms with E-state index in [1.807, 2.05) is 0 Å². The van der Waals surface area contributed by atoms with Crippen molar-refractivity contribution in [1.29, 1.82) is 0 Å². The van der Waals surface area contributed by atoms with Crippen LogP contribution >= 0.6 is 0 Å². The monoisotopic (exact) mass is 418 g/mol. The number of carboxylic acids is 1. The average Bonchev–Trinajstić information content (AvgIpc) is 3.18. The van der Waals surface area contributed by atoms with Gasteiger partial charge in [0.1, 0.15) is 17.9 Å². The van der Waals surface area contributed by atoms with Crippen LogP contribution in [0, 0.1) is 0 Å². The van der Waals surface area contributed by atoms with Crippen LogP contribution in [0.25, 0.3) is 0 Å². The lowest BCUT2D eigenvalue weighted by Gasteiger charge is -2.07. The number of hydrogen-bond acceptors (Lipinski definition) is 9. The third-order valence-corrected chi connectivity index (χ3v) is 5.28. The quantitative estimate of drug-likeness (QED) is 0.425. The summed E-state index contributed by atoms with van der Waals surface area (Å²) in [5.74, 6) is -2.52. The lowest BCUT2D eigenvalue weighted by Crippen LogP contribution is -2.15. The number of rotatable bonds is 8. The molecule has 0 radical (unpaired) electrons. The van der Waals surface area contributed by atoms with Crippen LogP contribution in [0.1, 0.15) is 16.8 Å². The Morgan fingerprint density at radius 2 is 1.69 bits per heavy atom. The third kappa shape index (κ3) is 4.58. The molecule has 11 heteroatoms. The largest absolute Gasteiger partial charge is 0.478 e. The van der Waals surface area contributed by atoms with Gasteiger partial charge in [-0.05, 0) is 34.6 Å². The fourth-order valence-electron chi connectivity index (χ4n) is 2.27. The van der Waals surface area contributed by atoms with Crippen molar-refractivity contribution in [1.82, 2.24) is 10.3 Å². The first-order chi connectivity index (χ1) is 13.9. The molecule has 1 N–H and O–H groups in total. The van der Waals surface area contributed by atoms with E-state index < -0.39 is 32.7 Å². The van der Waals surface area contributed by atoms with Crippen molar-refractivity contribution in [3.05, 3.63) is 60.2 Å². The molecule has 150 valence electrons. The molecule has 0 spiro atoms. The molecule has 0 aliphatic rings. The normalized spacial score (nSPS) is 11.0. The second kappa shape index (κ2) is 8.52. The number of carboxylic acid groups (broad SMARTS) is 1. The molecule has 0 atom stereocenters. The van der Waals surface area contributed by atoms with Crippen molar-refractivity contribution in [2.24, 2.45) is 0 Å². The van der Waals surface area contributed by atoms with E-state index in [1.165, 1.54) is 36.4 Å². The van der Waals surface area contributed by atoms with Crippen molar-refractivity contribution in [2.45, 2.75) is 16.3 Å². The van der Waals surface area contributed by atoms with Gasteiger partial charge in [-0.1, -0.05) is 30.3 Å². The Kier molecular flexibility index (Phi) is 5.88. The zero-order valence-electron chi connectivity index (χ0n) is 14.7. The molecule has 3 aromatic rings. The van der Waals surface area contributed by atoms with Crippen LogP contribution in [0.2, 0.25) is 0 Å². The van der Waals surface area contributed by atoms with Gasteiger partial charge in [-0.15, -0.1) is 0 Å². The number of aromatic carboxylic acids is 1. The van der Waals surface area contributed by atoms with Gasteiger partial charge in [0, 0.05) is 0 Å². The molecule has 0 amide bonds. The van der Waals surface area contributed by atoms with E-state index in [0.29, 0.717) is 0 Å². The molecular weight excluding hydrogens is 404 g/mol. The van der Waals surface area contributed by atoms with Gasteiger partial charge in [-0.3, -0.25) is 4.79 Å². The van der Waals surface area contributed by atoms with Crippen LogP contribution < -0.4 is 9.47 Å². The number of carbonyl (C=O) groups excluding carboxylic acids is 1. The van der Waals surface area contributed by atoms with Crippen LogP contribution in [0.15, 0.2) is 69.1 Å². The van der Waals surface area contributed by atoms with Gasteiger partial charge >= 0.3 is 11.9 Å². The third-order valence-electron chi connectivity index (χ3n) is 3.62. The number of sulfone groups is 1. The molecule has 0 saturated carbocycles. The second-order valence-electron chi connectivity index (χ2n) is 5.56. The molecule has 1 heterocycles. The second-order valence-corrected chi connectivity index (χ2v) is 7.43. The SMILES string of the molecule is O=C(CCOc1nonc1S(=O)(=O)c1ccccc1)Oc1ccccc1C(=O)O. The van der Waals surface area contributed by atoms with Crippen LogP contribution in [0.5, 0.6) is 11.6 Å². The van der Waals surface area contributed by atoms with Crippen LogP contribution in [-0.2, 0) is 14.6 Å². The number of para-hydroxylation sites is 1. The summed E-state index contributed by atoms with van der Waals surface area (Å²) in [4.78, 5) is 23.0. The van der Waals surface area contributed by atoms with E-state index in [9.17, 15) is 18.0 Å². The number of hydrogen-bond donors (Lipinski definition) is 1. The first kappa shape index (κ1) is 20.0. The Morgan fingerprint density at radius 1 is 1.00 bits per heavy atom. The molecular formula is C18H14N2O8S. The number of ether oxygens (including phenoxy) is 2. The fraction of sp³-hybridized carbons (Fsp3) is 0.111. The summed E-state index contributed by atoms with van der Waals surface area (Å²) in [7, 11) is -4.01. The Bertz CT molecular complexity index is 1130. The van der Waals surface area contributed by atoms with Gasteiger partial charge in [0.2, 0.25) is 9.84 Å². The lowest BCUT2D eigenvalue weighted by molar-refractivity contribution is -0.134. The Labute approximate surface area is 164 Å². The molecule has 29 heavy (non-hydrogen) atoms. The highest BCUT2D eigenvalue weighted by Gasteiger charge is 2.28. The van der Waals surface area contributed by atoms with E-state index in [0.717, 1.165) is 0 Å². The van der Waals surface area contributed by atoms with Gasteiger partial charge in [-0.25, -0.2) is 17.8 Å². The maximum Gasteiger partial charge on any atom is 0.339 e. The number of benzene rings is 2. The highest BCUT2D eigenvalue weighted by Crippen LogP contribution is 2.26. The summed E-state index contributed by atoms with van der Waals surface area (Å²) in [6, 6.07) is 13.2. The van der Waals surface area contributed by atoms with Crippen molar-refractivity contribution in [2.75, 3.05) is 6.61 Å². The summed E-state index contributed by atoms with van der Waals surface area (Å²) in [5, 5.41) is 15.4. The van der Waals surface area contributed by atoms with Gasteiger partial charge in [0.05, 0.1) is 11.3 Å². The fourth-order valence-corrected chi connectivity index (χ4v) is 3.47. The van der Waals surface area contributed by atoms with E-state index in [1.54, 1.807) is 18.2 Å².